The second-order valence-corrected chi connectivity index (χ2v) is 6.18. The van der Waals surface area contributed by atoms with Gasteiger partial charge >= 0.3 is 0 Å². The summed E-state index contributed by atoms with van der Waals surface area (Å²) in [7, 11) is 3.05. The highest BCUT2D eigenvalue weighted by Gasteiger charge is 2.17. The third-order valence-corrected chi connectivity index (χ3v) is 4.16. The topological polar surface area (TPSA) is 85.5 Å². The molecule has 7 nitrogen and oxygen atoms in total. The standard InChI is InChI=1S/C21H22FN3O4/c1-4-9-29-19-8-5-13(22)10-15(19)17-12-18(25-24-17)21(26)23-16-7-6-14(27-2)11-20(16)28-3/h5-8,10-12H,4,9H2,1-3H3,(H,23,26)(H,24,25). The van der Waals surface area contributed by atoms with Crippen LogP contribution in [0.25, 0.3) is 11.3 Å². The average Bonchev–Trinajstić information content (AvgIpc) is 3.23. The number of methoxy groups -OCH3 is 2. The lowest BCUT2D eigenvalue weighted by molar-refractivity contribution is 0.102. The van der Waals surface area contributed by atoms with Gasteiger partial charge in [0.15, 0.2) is 0 Å². The van der Waals surface area contributed by atoms with Crippen LogP contribution in [0.15, 0.2) is 42.5 Å². The van der Waals surface area contributed by atoms with Crippen LogP contribution in [0.2, 0.25) is 0 Å². The van der Waals surface area contributed by atoms with E-state index in [0.29, 0.717) is 40.8 Å². The number of halogens is 1. The molecule has 0 fully saturated rings. The molecule has 1 heterocycles. The monoisotopic (exact) mass is 399 g/mol. The fourth-order valence-electron chi connectivity index (χ4n) is 2.71. The third kappa shape index (κ3) is 4.66. The highest BCUT2D eigenvalue weighted by atomic mass is 19.1. The molecule has 8 heteroatoms. The molecule has 0 unspecified atom stereocenters. The van der Waals surface area contributed by atoms with Crippen molar-refractivity contribution in [2.75, 3.05) is 26.1 Å². The van der Waals surface area contributed by atoms with Crippen molar-refractivity contribution in [2.24, 2.45) is 0 Å². The van der Waals surface area contributed by atoms with Gasteiger partial charge in [-0.15, -0.1) is 0 Å². The number of rotatable bonds is 8. The summed E-state index contributed by atoms with van der Waals surface area (Å²) >= 11 is 0. The third-order valence-electron chi connectivity index (χ3n) is 4.16. The van der Waals surface area contributed by atoms with E-state index in [4.69, 9.17) is 14.2 Å². The first kappa shape index (κ1) is 20.2. The first-order chi connectivity index (χ1) is 14.0. The molecular weight excluding hydrogens is 377 g/mol. The fraction of sp³-hybridized carbons (Fsp3) is 0.238. The molecule has 0 aliphatic heterocycles. The number of benzene rings is 2. The molecule has 0 bridgehead atoms. The van der Waals surface area contributed by atoms with Gasteiger partial charge < -0.3 is 19.5 Å². The Morgan fingerprint density at radius 2 is 1.93 bits per heavy atom. The molecule has 152 valence electrons. The van der Waals surface area contributed by atoms with E-state index in [9.17, 15) is 9.18 Å². The van der Waals surface area contributed by atoms with Gasteiger partial charge in [0, 0.05) is 11.6 Å². The van der Waals surface area contributed by atoms with Crippen molar-refractivity contribution in [1.29, 1.82) is 0 Å². The number of aromatic amines is 1. The number of anilines is 1. The van der Waals surface area contributed by atoms with Gasteiger partial charge in [0.2, 0.25) is 0 Å². The summed E-state index contributed by atoms with van der Waals surface area (Å²) in [5, 5.41) is 9.58. The van der Waals surface area contributed by atoms with Gasteiger partial charge in [-0.05, 0) is 42.8 Å². The van der Waals surface area contributed by atoms with Crippen molar-refractivity contribution in [3.8, 4) is 28.5 Å². The fourth-order valence-corrected chi connectivity index (χ4v) is 2.71. The Balaban J connectivity index is 1.83. The maximum Gasteiger partial charge on any atom is 0.273 e. The number of nitrogens with one attached hydrogen (secondary N) is 2. The predicted octanol–water partition coefficient (Wildman–Crippen LogP) is 4.27. The number of nitrogens with zero attached hydrogens (tertiary/aromatic N) is 1. The van der Waals surface area contributed by atoms with Crippen LogP contribution < -0.4 is 19.5 Å². The zero-order valence-electron chi connectivity index (χ0n) is 16.4. The summed E-state index contributed by atoms with van der Waals surface area (Å²) in [6.07, 6.45) is 0.814. The minimum absolute atomic E-state index is 0.212. The van der Waals surface area contributed by atoms with Gasteiger partial charge in [-0.2, -0.15) is 5.10 Å². The number of amides is 1. The Hall–Kier alpha value is -3.55. The molecule has 29 heavy (non-hydrogen) atoms. The van der Waals surface area contributed by atoms with Gasteiger partial charge in [-0.3, -0.25) is 9.89 Å². The molecule has 0 atom stereocenters. The zero-order chi connectivity index (χ0) is 20.8. The van der Waals surface area contributed by atoms with E-state index < -0.39 is 11.7 Å². The highest BCUT2D eigenvalue weighted by Crippen LogP contribution is 2.31. The number of ether oxygens (including phenoxy) is 3. The zero-order valence-corrected chi connectivity index (χ0v) is 16.4. The lowest BCUT2D eigenvalue weighted by Gasteiger charge is -2.11. The second-order valence-electron chi connectivity index (χ2n) is 6.18. The van der Waals surface area contributed by atoms with Crippen molar-refractivity contribution in [2.45, 2.75) is 13.3 Å². The molecule has 3 rings (SSSR count). The largest absolute Gasteiger partial charge is 0.497 e. The summed E-state index contributed by atoms with van der Waals surface area (Å²) in [5.74, 6) is 0.733. The van der Waals surface area contributed by atoms with Crippen LogP contribution in [-0.2, 0) is 0 Å². The SMILES string of the molecule is CCCOc1ccc(F)cc1-c1cc(C(=O)Nc2ccc(OC)cc2OC)[nH]n1. The Morgan fingerprint density at radius 3 is 2.66 bits per heavy atom. The number of carbonyl (C=O) groups excluding carboxylic acids is 1. The normalized spacial score (nSPS) is 10.5. The van der Waals surface area contributed by atoms with Crippen LogP contribution in [0.4, 0.5) is 10.1 Å². The maximum absolute atomic E-state index is 13.8. The summed E-state index contributed by atoms with van der Waals surface area (Å²) in [5.41, 5.74) is 1.56. The first-order valence-corrected chi connectivity index (χ1v) is 9.07. The van der Waals surface area contributed by atoms with Crippen LogP contribution in [0.1, 0.15) is 23.8 Å². The number of hydrogen-bond acceptors (Lipinski definition) is 5. The molecular formula is C21H22FN3O4. The quantitative estimate of drug-likeness (QED) is 0.591. The van der Waals surface area contributed by atoms with E-state index in [0.717, 1.165) is 6.42 Å². The van der Waals surface area contributed by atoms with E-state index in [2.05, 4.69) is 15.5 Å². The molecule has 1 amide bonds. The average molecular weight is 399 g/mol. The van der Waals surface area contributed by atoms with Crippen LogP contribution in [0.3, 0.4) is 0 Å². The molecule has 0 saturated carbocycles. The van der Waals surface area contributed by atoms with Crippen molar-refractivity contribution >= 4 is 11.6 Å². The Morgan fingerprint density at radius 1 is 1.10 bits per heavy atom. The Kier molecular flexibility index (Phi) is 6.33. The van der Waals surface area contributed by atoms with Gasteiger partial charge in [0.25, 0.3) is 5.91 Å². The van der Waals surface area contributed by atoms with E-state index in [1.165, 1.54) is 19.2 Å². The molecule has 0 saturated heterocycles. The van der Waals surface area contributed by atoms with Gasteiger partial charge in [-0.1, -0.05) is 6.92 Å². The highest BCUT2D eigenvalue weighted by molar-refractivity contribution is 6.04. The van der Waals surface area contributed by atoms with Crippen molar-refractivity contribution < 1.29 is 23.4 Å². The van der Waals surface area contributed by atoms with E-state index in [-0.39, 0.29) is 5.69 Å². The molecule has 0 radical (unpaired) electrons. The van der Waals surface area contributed by atoms with Crippen molar-refractivity contribution in [1.82, 2.24) is 10.2 Å². The van der Waals surface area contributed by atoms with Crippen LogP contribution in [0.5, 0.6) is 17.2 Å². The summed E-state index contributed by atoms with van der Waals surface area (Å²) in [6.45, 7) is 2.47. The van der Waals surface area contributed by atoms with Crippen LogP contribution >= 0.6 is 0 Å². The molecule has 1 aromatic heterocycles. The van der Waals surface area contributed by atoms with Gasteiger partial charge in [-0.25, -0.2) is 4.39 Å². The van der Waals surface area contributed by atoms with E-state index in [1.807, 2.05) is 6.92 Å². The van der Waals surface area contributed by atoms with Crippen LogP contribution in [-0.4, -0.2) is 36.9 Å². The number of carbonyl (C=O) groups is 1. The van der Waals surface area contributed by atoms with E-state index >= 15 is 0 Å². The summed E-state index contributed by atoms with van der Waals surface area (Å²) in [6, 6.07) is 10.8. The van der Waals surface area contributed by atoms with Gasteiger partial charge in [0.05, 0.1) is 32.2 Å². The second kappa shape index (κ2) is 9.09. The van der Waals surface area contributed by atoms with Crippen molar-refractivity contribution in [3.63, 3.8) is 0 Å². The minimum atomic E-state index is -0.417. The number of hydrogen-bond donors (Lipinski definition) is 2. The smallest absolute Gasteiger partial charge is 0.273 e. The predicted molar refractivity (Wildman–Crippen MR) is 107 cm³/mol. The first-order valence-electron chi connectivity index (χ1n) is 9.07. The molecule has 2 aromatic carbocycles. The Bertz CT molecular complexity index is 1000. The lowest BCUT2D eigenvalue weighted by Crippen LogP contribution is -2.13. The molecule has 2 N–H and O–H groups in total. The van der Waals surface area contributed by atoms with Gasteiger partial charge in [0.1, 0.15) is 28.8 Å². The minimum Gasteiger partial charge on any atom is -0.497 e. The lowest BCUT2D eigenvalue weighted by atomic mass is 10.1. The van der Waals surface area contributed by atoms with Crippen LogP contribution in [0, 0.1) is 5.82 Å². The molecule has 0 spiro atoms. The number of aromatic nitrogens is 2. The van der Waals surface area contributed by atoms with Crippen molar-refractivity contribution in [3.05, 3.63) is 54.0 Å². The molecule has 0 aliphatic carbocycles. The molecule has 0 aliphatic rings. The number of H-pyrrole nitrogens is 1. The molecule has 3 aromatic rings. The summed E-state index contributed by atoms with van der Waals surface area (Å²) in [4.78, 5) is 12.6. The van der Waals surface area contributed by atoms with E-state index in [1.54, 1.807) is 37.4 Å². The summed E-state index contributed by atoms with van der Waals surface area (Å²) < 4.78 is 29.9. The Labute approximate surface area is 167 Å². The maximum atomic E-state index is 13.8.